The van der Waals surface area contributed by atoms with Gasteiger partial charge in [0.25, 0.3) is 5.91 Å². The van der Waals surface area contributed by atoms with Gasteiger partial charge >= 0.3 is 6.03 Å². The number of fused-ring (bicyclic) bond motifs is 1. The molecule has 0 spiro atoms. The number of carbonyl (C=O) groups excluding carboxylic acids is 2. The fourth-order valence-corrected chi connectivity index (χ4v) is 4.76. The highest BCUT2D eigenvalue weighted by Gasteiger charge is 2.27. The van der Waals surface area contributed by atoms with Crippen molar-refractivity contribution in [2.45, 2.75) is 44.8 Å². The van der Waals surface area contributed by atoms with Gasteiger partial charge in [-0.3, -0.25) is 4.79 Å². The predicted octanol–water partition coefficient (Wildman–Crippen LogP) is 4.81. The zero-order chi connectivity index (χ0) is 23.3. The average Bonchev–Trinajstić information content (AvgIpc) is 3.37. The summed E-state index contributed by atoms with van der Waals surface area (Å²) in [4.78, 5) is 29.0. The van der Waals surface area contributed by atoms with Crippen LogP contribution in [0, 0.1) is 0 Å². The Hall–Kier alpha value is -3.48. The summed E-state index contributed by atoms with van der Waals surface area (Å²) in [7, 11) is 0. The van der Waals surface area contributed by atoms with Gasteiger partial charge in [0.05, 0.1) is 0 Å². The Labute approximate surface area is 199 Å². The highest BCUT2D eigenvalue weighted by atomic mass is 16.5. The second-order valence-electron chi connectivity index (χ2n) is 9.13. The maximum absolute atomic E-state index is 12.9. The number of urea groups is 1. The minimum atomic E-state index is -0.149. The van der Waals surface area contributed by atoms with E-state index in [2.05, 4.69) is 11.4 Å². The zero-order valence-electron chi connectivity index (χ0n) is 19.4. The van der Waals surface area contributed by atoms with Crippen molar-refractivity contribution in [2.75, 3.05) is 26.2 Å². The number of piperazine rings is 1. The highest BCUT2D eigenvalue weighted by Crippen LogP contribution is 2.22. The molecule has 178 valence electrons. The molecular formula is C27H31N3O4. The normalized spacial score (nSPS) is 17.1. The van der Waals surface area contributed by atoms with Gasteiger partial charge in [0, 0.05) is 32.2 Å². The number of hydrogen-bond donors (Lipinski definition) is 1. The summed E-state index contributed by atoms with van der Waals surface area (Å²) >= 11 is 0. The van der Waals surface area contributed by atoms with E-state index in [9.17, 15) is 9.59 Å². The van der Waals surface area contributed by atoms with Gasteiger partial charge in [-0.05, 0) is 47.9 Å². The van der Waals surface area contributed by atoms with Crippen molar-refractivity contribution in [1.82, 2.24) is 15.1 Å². The van der Waals surface area contributed by atoms with Gasteiger partial charge in [0.1, 0.15) is 18.1 Å². The van der Waals surface area contributed by atoms with Gasteiger partial charge in [-0.1, -0.05) is 49.6 Å². The molecule has 0 bridgehead atoms. The lowest BCUT2D eigenvalue weighted by Gasteiger charge is -2.35. The lowest BCUT2D eigenvalue weighted by atomic mass is 9.96. The molecule has 0 radical (unpaired) electrons. The number of furan rings is 1. The minimum Gasteiger partial charge on any atom is -0.486 e. The number of benzene rings is 2. The first-order valence-electron chi connectivity index (χ1n) is 12.2. The molecule has 1 saturated heterocycles. The van der Waals surface area contributed by atoms with Crippen molar-refractivity contribution < 1.29 is 18.7 Å². The quantitative estimate of drug-likeness (QED) is 0.592. The maximum Gasteiger partial charge on any atom is 0.317 e. The molecule has 1 saturated carbocycles. The van der Waals surface area contributed by atoms with Crippen LogP contribution in [0.3, 0.4) is 0 Å². The van der Waals surface area contributed by atoms with Crippen LogP contribution in [0.25, 0.3) is 10.8 Å². The molecule has 3 amide bonds. The maximum atomic E-state index is 12.9. The third-order valence-electron chi connectivity index (χ3n) is 6.76. The van der Waals surface area contributed by atoms with Crippen LogP contribution < -0.4 is 10.1 Å². The predicted molar refractivity (Wildman–Crippen MR) is 130 cm³/mol. The summed E-state index contributed by atoms with van der Waals surface area (Å²) in [5.41, 5.74) is 0. The Bertz CT molecular complexity index is 1140. The topological polar surface area (TPSA) is 75.0 Å². The summed E-state index contributed by atoms with van der Waals surface area (Å²) in [6, 6.07) is 17.8. The van der Waals surface area contributed by atoms with Crippen molar-refractivity contribution in [3.63, 3.8) is 0 Å². The van der Waals surface area contributed by atoms with Gasteiger partial charge in [0.2, 0.25) is 0 Å². The van der Waals surface area contributed by atoms with Crippen LogP contribution in [0.2, 0.25) is 0 Å². The van der Waals surface area contributed by atoms with Gasteiger partial charge < -0.3 is 24.3 Å². The fourth-order valence-electron chi connectivity index (χ4n) is 4.76. The summed E-state index contributed by atoms with van der Waals surface area (Å²) in [6.07, 6.45) is 5.76. The molecule has 5 rings (SSSR count). The van der Waals surface area contributed by atoms with Crippen LogP contribution in [-0.2, 0) is 6.61 Å². The monoisotopic (exact) mass is 461 g/mol. The molecule has 34 heavy (non-hydrogen) atoms. The number of ether oxygens (including phenoxy) is 1. The van der Waals surface area contributed by atoms with Crippen LogP contribution >= 0.6 is 0 Å². The van der Waals surface area contributed by atoms with E-state index in [-0.39, 0.29) is 18.5 Å². The smallest absolute Gasteiger partial charge is 0.317 e. The fraction of sp³-hybridized carbons (Fsp3) is 0.407. The van der Waals surface area contributed by atoms with Crippen molar-refractivity contribution in [2.24, 2.45) is 0 Å². The van der Waals surface area contributed by atoms with Crippen molar-refractivity contribution in [1.29, 1.82) is 0 Å². The highest BCUT2D eigenvalue weighted by molar-refractivity contribution is 5.91. The van der Waals surface area contributed by atoms with E-state index in [1.807, 2.05) is 41.3 Å². The Kier molecular flexibility index (Phi) is 6.70. The second-order valence-corrected chi connectivity index (χ2v) is 9.13. The third kappa shape index (κ3) is 5.19. The number of carbonyl (C=O) groups is 2. The summed E-state index contributed by atoms with van der Waals surface area (Å²) < 4.78 is 11.6. The van der Waals surface area contributed by atoms with Crippen LogP contribution in [-0.4, -0.2) is 54.0 Å². The average molecular weight is 462 g/mol. The molecule has 2 heterocycles. The van der Waals surface area contributed by atoms with Gasteiger partial charge in [-0.2, -0.15) is 0 Å². The SMILES string of the molecule is O=C(NC1CCCCC1)N1CCN(C(=O)c2ccc(COc3ccc4ccccc4c3)o2)CC1. The molecule has 1 aliphatic heterocycles. The first-order chi connectivity index (χ1) is 16.7. The van der Waals surface area contributed by atoms with Crippen LogP contribution in [0.4, 0.5) is 4.79 Å². The molecule has 1 aliphatic carbocycles. The van der Waals surface area contributed by atoms with E-state index < -0.39 is 0 Å². The number of nitrogens with one attached hydrogen (secondary N) is 1. The Morgan fingerprint density at radius 1 is 0.882 bits per heavy atom. The van der Waals surface area contributed by atoms with Gasteiger partial charge in [-0.15, -0.1) is 0 Å². The van der Waals surface area contributed by atoms with Gasteiger partial charge in [0.15, 0.2) is 5.76 Å². The molecular weight excluding hydrogens is 430 g/mol. The zero-order valence-corrected chi connectivity index (χ0v) is 19.4. The number of rotatable bonds is 5. The summed E-state index contributed by atoms with van der Waals surface area (Å²) in [5.74, 6) is 1.51. The molecule has 7 nitrogen and oxygen atoms in total. The van der Waals surface area contributed by atoms with E-state index in [4.69, 9.17) is 9.15 Å². The standard InChI is InChI=1S/C27H31N3O4/c31-26(29-14-16-30(17-15-29)27(32)28-22-8-2-1-3-9-22)25-13-12-24(34-25)19-33-23-11-10-20-6-4-5-7-21(20)18-23/h4-7,10-13,18,22H,1-3,8-9,14-17,19H2,(H,28,32). The summed E-state index contributed by atoms with van der Waals surface area (Å²) in [5, 5.41) is 5.43. The Morgan fingerprint density at radius 3 is 2.41 bits per heavy atom. The number of amides is 3. The Morgan fingerprint density at radius 2 is 1.62 bits per heavy atom. The van der Waals surface area contributed by atoms with Crippen molar-refractivity contribution in [3.8, 4) is 5.75 Å². The van der Waals surface area contributed by atoms with Gasteiger partial charge in [-0.25, -0.2) is 4.79 Å². The molecule has 0 unspecified atom stereocenters. The number of nitrogens with zero attached hydrogens (tertiary/aromatic N) is 2. The largest absolute Gasteiger partial charge is 0.486 e. The van der Waals surface area contributed by atoms with Crippen molar-refractivity contribution >= 4 is 22.7 Å². The molecule has 0 atom stereocenters. The lowest BCUT2D eigenvalue weighted by molar-refractivity contribution is 0.0628. The summed E-state index contributed by atoms with van der Waals surface area (Å²) in [6.45, 7) is 2.31. The van der Waals surface area contributed by atoms with E-state index in [1.54, 1.807) is 17.0 Å². The first kappa shape index (κ1) is 22.3. The molecule has 1 N–H and O–H groups in total. The first-order valence-corrected chi connectivity index (χ1v) is 12.2. The number of hydrogen-bond acceptors (Lipinski definition) is 4. The van der Waals surface area contributed by atoms with E-state index in [0.29, 0.717) is 43.7 Å². The molecule has 2 aromatic carbocycles. The molecule has 2 aliphatic rings. The lowest BCUT2D eigenvalue weighted by Crippen LogP contribution is -2.54. The molecule has 7 heteroatoms. The van der Waals surface area contributed by atoms with Crippen LogP contribution in [0.5, 0.6) is 5.75 Å². The van der Waals surface area contributed by atoms with E-state index >= 15 is 0 Å². The minimum absolute atomic E-state index is 0.00915. The molecule has 1 aromatic heterocycles. The van der Waals surface area contributed by atoms with Crippen LogP contribution in [0.15, 0.2) is 59.0 Å². The second kappa shape index (κ2) is 10.2. The van der Waals surface area contributed by atoms with Crippen LogP contribution in [0.1, 0.15) is 48.4 Å². The molecule has 2 fully saturated rings. The van der Waals surface area contributed by atoms with E-state index in [1.165, 1.54) is 19.3 Å². The third-order valence-corrected chi connectivity index (χ3v) is 6.76. The van der Waals surface area contributed by atoms with E-state index in [0.717, 1.165) is 29.4 Å². The van der Waals surface area contributed by atoms with Crippen molar-refractivity contribution in [3.05, 3.63) is 66.1 Å². The Balaban J connectivity index is 1.11. The molecule has 3 aromatic rings.